The first-order chi connectivity index (χ1) is 10.5. The molecule has 22 heavy (non-hydrogen) atoms. The maximum atomic E-state index is 11.4. The predicted molar refractivity (Wildman–Crippen MR) is 84.7 cm³/mol. The van der Waals surface area contributed by atoms with Crippen LogP contribution in [0.4, 0.5) is 4.79 Å². The van der Waals surface area contributed by atoms with Crippen molar-refractivity contribution in [2.24, 2.45) is 0 Å². The Kier molecular flexibility index (Phi) is 8.62. The van der Waals surface area contributed by atoms with Gasteiger partial charge in [-0.2, -0.15) is 0 Å². The Morgan fingerprint density at radius 2 is 2.00 bits per heavy atom. The second-order valence-corrected chi connectivity index (χ2v) is 6.02. The number of amides is 1. The van der Waals surface area contributed by atoms with Crippen molar-refractivity contribution in [2.45, 2.75) is 45.8 Å². The van der Waals surface area contributed by atoms with E-state index in [1.807, 2.05) is 32.9 Å². The van der Waals surface area contributed by atoms with Crippen LogP contribution in [-0.2, 0) is 16.1 Å². The zero-order valence-corrected chi connectivity index (χ0v) is 13.8. The van der Waals surface area contributed by atoms with Crippen LogP contribution in [0.1, 0.15) is 39.4 Å². The average molecular weight is 312 g/mol. The largest absolute Gasteiger partial charge is 0.467 e. The quantitative estimate of drug-likeness (QED) is 0.650. The second-order valence-electron chi connectivity index (χ2n) is 6.02. The van der Waals surface area contributed by atoms with E-state index >= 15 is 0 Å². The van der Waals surface area contributed by atoms with Crippen LogP contribution in [0.25, 0.3) is 0 Å². The number of ether oxygens (including phenoxy) is 2. The molecule has 0 bridgehead atoms. The van der Waals surface area contributed by atoms with Crippen LogP contribution in [-0.4, -0.2) is 37.9 Å². The van der Waals surface area contributed by atoms with E-state index in [1.165, 1.54) is 0 Å². The predicted octanol–water partition coefficient (Wildman–Crippen LogP) is 2.69. The fourth-order valence-electron chi connectivity index (χ4n) is 1.71. The first-order valence-corrected chi connectivity index (χ1v) is 7.75. The van der Waals surface area contributed by atoms with Crippen LogP contribution in [0.5, 0.6) is 0 Å². The lowest BCUT2D eigenvalue weighted by molar-refractivity contribution is 0.0527. The second kappa shape index (κ2) is 10.2. The smallest absolute Gasteiger partial charge is 0.407 e. The highest BCUT2D eigenvalue weighted by molar-refractivity contribution is 5.67. The summed E-state index contributed by atoms with van der Waals surface area (Å²) in [6, 6.07) is 3.75. The topological polar surface area (TPSA) is 72.7 Å². The molecular formula is C16H28N2O4. The Morgan fingerprint density at radius 3 is 2.68 bits per heavy atom. The maximum Gasteiger partial charge on any atom is 0.407 e. The van der Waals surface area contributed by atoms with E-state index in [-0.39, 0.29) is 6.09 Å². The Bertz CT molecular complexity index is 399. The summed E-state index contributed by atoms with van der Waals surface area (Å²) in [5.41, 5.74) is -0.446. The number of rotatable bonds is 10. The van der Waals surface area contributed by atoms with E-state index in [2.05, 4.69) is 10.6 Å². The lowest BCUT2D eigenvalue weighted by Gasteiger charge is -2.19. The summed E-state index contributed by atoms with van der Waals surface area (Å²) < 4.78 is 15.8. The van der Waals surface area contributed by atoms with Crippen LogP contribution in [0.2, 0.25) is 0 Å². The van der Waals surface area contributed by atoms with Crippen molar-refractivity contribution in [1.82, 2.24) is 10.6 Å². The molecule has 0 saturated heterocycles. The van der Waals surface area contributed by atoms with Gasteiger partial charge in [-0.15, -0.1) is 0 Å². The Labute approximate surface area is 132 Å². The molecule has 0 spiro atoms. The molecule has 0 atom stereocenters. The van der Waals surface area contributed by atoms with Crippen LogP contribution in [0.3, 0.4) is 0 Å². The van der Waals surface area contributed by atoms with Crippen LogP contribution >= 0.6 is 0 Å². The summed E-state index contributed by atoms with van der Waals surface area (Å²) in [5.74, 6) is 0.848. The zero-order chi connectivity index (χ0) is 16.3. The molecular weight excluding hydrogens is 284 g/mol. The van der Waals surface area contributed by atoms with Crippen molar-refractivity contribution < 1.29 is 18.7 Å². The van der Waals surface area contributed by atoms with Crippen LogP contribution in [0.15, 0.2) is 22.8 Å². The summed E-state index contributed by atoms with van der Waals surface area (Å²) in [6.07, 6.45) is 3.09. The maximum absolute atomic E-state index is 11.4. The highest BCUT2D eigenvalue weighted by atomic mass is 16.6. The summed E-state index contributed by atoms with van der Waals surface area (Å²) in [5, 5.41) is 6.04. The highest BCUT2D eigenvalue weighted by Gasteiger charge is 2.15. The molecule has 1 aromatic heterocycles. The van der Waals surface area contributed by atoms with E-state index in [4.69, 9.17) is 13.9 Å². The van der Waals surface area contributed by atoms with Gasteiger partial charge in [-0.3, -0.25) is 0 Å². The molecule has 1 amide bonds. The number of furan rings is 1. The van der Waals surface area contributed by atoms with Crippen molar-refractivity contribution in [1.29, 1.82) is 0 Å². The number of carbonyl (C=O) groups excluding carboxylic acids is 1. The lowest BCUT2D eigenvalue weighted by Crippen LogP contribution is -2.34. The van der Waals surface area contributed by atoms with Gasteiger partial charge in [0.1, 0.15) is 18.0 Å². The van der Waals surface area contributed by atoms with Gasteiger partial charge >= 0.3 is 6.09 Å². The Morgan fingerprint density at radius 1 is 1.23 bits per heavy atom. The molecule has 0 aliphatic rings. The third-order valence-electron chi connectivity index (χ3n) is 2.67. The number of nitrogens with one attached hydrogen (secondary N) is 2. The van der Waals surface area contributed by atoms with Gasteiger partial charge in [-0.25, -0.2) is 4.79 Å². The van der Waals surface area contributed by atoms with Crippen molar-refractivity contribution in [2.75, 3.05) is 26.2 Å². The Hall–Kier alpha value is -1.53. The zero-order valence-electron chi connectivity index (χ0n) is 13.8. The van der Waals surface area contributed by atoms with E-state index in [0.717, 1.165) is 31.7 Å². The third-order valence-corrected chi connectivity index (χ3v) is 2.67. The molecule has 6 heteroatoms. The van der Waals surface area contributed by atoms with Crippen molar-refractivity contribution >= 4 is 6.09 Å². The highest BCUT2D eigenvalue weighted by Crippen LogP contribution is 2.06. The van der Waals surface area contributed by atoms with Crippen molar-refractivity contribution in [3.63, 3.8) is 0 Å². The molecule has 6 nitrogen and oxygen atoms in total. The molecule has 0 aromatic carbocycles. The molecule has 0 aliphatic heterocycles. The van der Waals surface area contributed by atoms with Gasteiger partial charge in [0, 0.05) is 13.2 Å². The third kappa shape index (κ3) is 10.2. The number of alkyl carbamates (subject to hydrolysis) is 1. The van der Waals surface area contributed by atoms with E-state index in [9.17, 15) is 4.79 Å². The number of hydrogen-bond acceptors (Lipinski definition) is 5. The first kappa shape index (κ1) is 18.5. The molecule has 126 valence electrons. The minimum atomic E-state index is -0.446. The SMILES string of the molecule is CC(C)(C)OC(=O)NCCCNCCCOCc1ccco1. The van der Waals surface area contributed by atoms with Gasteiger partial charge in [-0.1, -0.05) is 0 Å². The normalized spacial score (nSPS) is 11.4. The molecule has 0 fully saturated rings. The minimum Gasteiger partial charge on any atom is -0.467 e. The Balaban J connectivity index is 1.82. The standard InChI is InChI=1S/C16H28N2O4/c1-16(2,3)22-15(19)18-10-5-8-17-9-6-11-20-13-14-7-4-12-21-14/h4,7,12,17H,5-6,8-11,13H2,1-3H3,(H,18,19). The molecule has 0 unspecified atom stereocenters. The van der Waals surface area contributed by atoms with Gasteiger partial charge in [0.25, 0.3) is 0 Å². The summed E-state index contributed by atoms with van der Waals surface area (Å²) in [7, 11) is 0. The summed E-state index contributed by atoms with van der Waals surface area (Å²) in [6.45, 7) is 9.12. The number of hydrogen-bond donors (Lipinski definition) is 2. The van der Waals surface area contributed by atoms with Crippen LogP contribution in [0, 0.1) is 0 Å². The van der Waals surface area contributed by atoms with Gasteiger partial charge in [0.05, 0.1) is 6.26 Å². The number of carbonyl (C=O) groups is 1. The van der Waals surface area contributed by atoms with Gasteiger partial charge in [0.2, 0.25) is 0 Å². The minimum absolute atomic E-state index is 0.362. The van der Waals surface area contributed by atoms with E-state index in [1.54, 1.807) is 6.26 Å². The fraction of sp³-hybridized carbons (Fsp3) is 0.688. The van der Waals surface area contributed by atoms with Gasteiger partial charge in [0.15, 0.2) is 0 Å². The van der Waals surface area contributed by atoms with Crippen LogP contribution < -0.4 is 10.6 Å². The lowest BCUT2D eigenvalue weighted by atomic mass is 10.2. The first-order valence-electron chi connectivity index (χ1n) is 7.75. The van der Waals surface area contributed by atoms with Gasteiger partial charge in [-0.05, 0) is 58.8 Å². The summed E-state index contributed by atoms with van der Waals surface area (Å²) >= 11 is 0. The summed E-state index contributed by atoms with van der Waals surface area (Å²) in [4.78, 5) is 11.4. The molecule has 0 radical (unpaired) electrons. The molecule has 1 rings (SSSR count). The van der Waals surface area contributed by atoms with Crippen molar-refractivity contribution in [3.05, 3.63) is 24.2 Å². The molecule has 1 aromatic rings. The van der Waals surface area contributed by atoms with E-state index in [0.29, 0.717) is 19.8 Å². The molecule has 0 aliphatic carbocycles. The molecule has 0 saturated carbocycles. The monoisotopic (exact) mass is 312 g/mol. The van der Waals surface area contributed by atoms with Crippen molar-refractivity contribution in [3.8, 4) is 0 Å². The average Bonchev–Trinajstić information content (AvgIpc) is 2.92. The van der Waals surface area contributed by atoms with Gasteiger partial charge < -0.3 is 24.5 Å². The molecule has 2 N–H and O–H groups in total. The molecule has 1 heterocycles. The fourth-order valence-corrected chi connectivity index (χ4v) is 1.71. The van der Waals surface area contributed by atoms with E-state index < -0.39 is 5.60 Å².